The molecule has 0 aromatic heterocycles. The molecule has 1 N–H and O–H groups in total. The fourth-order valence-corrected chi connectivity index (χ4v) is 1.58. The fourth-order valence-electron chi connectivity index (χ4n) is 0.970. The van der Waals surface area contributed by atoms with Crippen LogP contribution in [0, 0.1) is 0 Å². The van der Waals surface area contributed by atoms with Crippen molar-refractivity contribution in [2.75, 3.05) is 34.3 Å². The van der Waals surface area contributed by atoms with E-state index >= 15 is 0 Å². The Morgan fingerprint density at radius 3 is 2.53 bits per heavy atom. The van der Waals surface area contributed by atoms with Crippen LogP contribution in [0.3, 0.4) is 0 Å². The van der Waals surface area contributed by atoms with Crippen LogP contribution >= 0.6 is 7.82 Å². The summed E-state index contributed by atoms with van der Waals surface area (Å²) in [6, 6.07) is 0. The molecule has 17 heavy (non-hydrogen) atoms. The van der Waals surface area contributed by atoms with Crippen LogP contribution in [0.2, 0.25) is 0 Å². The third kappa shape index (κ3) is 11.9. The first-order chi connectivity index (χ1) is 7.77. The number of quaternary nitrogens is 1. The summed E-state index contributed by atoms with van der Waals surface area (Å²) < 4.78 is 21.6. The lowest BCUT2D eigenvalue weighted by molar-refractivity contribution is -0.870. The molecule has 5 nitrogen and oxygen atoms in total. The molecule has 0 heterocycles. The summed E-state index contributed by atoms with van der Waals surface area (Å²) in [6.45, 7) is 2.92. The molecule has 0 radical (unpaired) electrons. The van der Waals surface area contributed by atoms with E-state index in [1.807, 2.05) is 21.1 Å². The number of rotatable bonds is 9. The van der Waals surface area contributed by atoms with E-state index in [9.17, 15) is 9.46 Å². The summed E-state index contributed by atoms with van der Waals surface area (Å²) >= 11 is 0. The monoisotopic (exact) mass is 266 g/mol. The Hall–Kier alpha value is -0.350. The minimum atomic E-state index is -3.92. The average Bonchev–Trinajstić information content (AvgIpc) is 2.14. The van der Waals surface area contributed by atoms with Gasteiger partial charge in [-0.1, -0.05) is 13.3 Å². The zero-order valence-corrected chi connectivity index (χ0v) is 12.2. The van der Waals surface area contributed by atoms with E-state index < -0.39 is 7.82 Å². The van der Waals surface area contributed by atoms with Gasteiger partial charge in [0.1, 0.15) is 13.2 Å². The van der Waals surface area contributed by atoms with E-state index in [-0.39, 0.29) is 6.61 Å². The highest BCUT2D eigenvalue weighted by Gasteiger charge is 2.21. The minimum absolute atomic E-state index is 0.195. The summed E-state index contributed by atoms with van der Waals surface area (Å²) in [4.78, 5) is 9.32. The molecule has 0 aliphatic rings. The molecule has 102 valence electrons. The number of phosphoric ester groups is 1. The predicted octanol–water partition coefficient (Wildman–Crippen LogP) is 2.53. The number of hydrogen-bond acceptors (Lipinski definition) is 3. The van der Waals surface area contributed by atoms with Crippen LogP contribution in [-0.4, -0.2) is 43.7 Å². The van der Waals surface area contributed by atoms with E-state index in [2.05, 4.69) is 6.92 Å². The molecular weight excluding hydrogens is 241 g/mol. The van der Waals surface area contributed by atoms with Crippen molar-refractivity contribution in [2.45, 2.75) is 26.2 Å². The van der Waals surface area contributed by atoms with Crippen molar-refractivity contribution in [2.24, 2.45) is 0 Å². The molecule has 0 fully saturated rings. The minimum Gasteiger partial charge on any atom is -0.412 e. The van der Waals surface area contributed by atoms with E-state index in [1.54, 1.807) is 6.08 Å². The van der Waals surface area contributed by atoms with Gasteiger partial charge in [0.15, 0.2) is 0 Å². The first-order valence-electron chi connectivity index (χ1n) is 5.88. The summed E-state index contributed by atoms with van der Waals surface area (Å²) in [5.41, 5.74) is 0. The van der Waals surface area contributed by atoms with Crippen molar-refractivity contribution in [1.82, 2.24) is 0 Å². The second kappa shape index (κ2) is 7.88. The van der Waals surface area contributed by atoms with Gasteiger partial charge < -0.3 is 9.01 Å². The molecule has 0 aromatic rings. The van der Waals surface area contributed by atoms with Crippen LogP contribution in [0.5, 0.6) is 0 Å². The summed E-state index contributed by atoms with van der Waals surface area (Å²) in [5, 5.41) is 0. The van der Waals surface area contributed by atoms with E-state index in [0.717, 1.165) is 19.3 Å². The van der Waals surface area contributed by atoms with Crippen LogP contribution in [0.1, 0.15) is 26.2 Å². The lowest BCUT2D eigenvalue weighted by atomic mass is 10.2. The second-order valence-electron chi connectivity index (χ2n) is 4.94. The van der Waals surface area contributed by atoms with Gasteiger partial charge >= 0.3 is 7.82 Å². The van der Waals surface area contributed by atoms with E-state index in [4.69, 9.17) is 9.05 Å². The van der Waals surface area contributed by atoms with Crippen LogP contribution in [0.4, 0.5) is 0 Å². The third-order valence-electron chi connectivity index (χ3n) is 2.03. The number of nitrogens with zero attached hydrogens (tertiary/aromatic N) is 1. The Kier molecular flexibility index (Phi) is 7.71. The number of unbranched alkanes of at least 4 members (excludes halogenated alkanes) is 2. The normalized spacial score (nSPS) is 16.1. The molecule has 0 rings (SSSR count). The molecule has 1 atom stereocenters. The first-order valence-corrected chi connectivity index (χ1v) is 7.37. The van der Waals surface area contributed by atoms with Crippen molar-refractivity contribution < 1.29 is 23.0 Å². The number of likely N-dealkylation sites (N-methyl/N-ethyl adjacent to an activating group) is 1. The Labute approximate surface area is 104 Å². The standard InChI is InChI=1S/C11H24NO4P/c1-5-6-7-8-10-15-17(13,14)16-11-9-12(2,3)4/h8,10H,5-7,9,11H2,1-4H3/p+1. The molecule has 0 aliphatic heterocycles. The highest BCUT2D eigenvalue weighted by molar-refractivity contribution is 7.47. The quantitative estimate of drug-likeness (QED) is 0.301. The Balaban J connectivity index is 3.80. The molecule has 1 unspecified atom stereocenters. The van der Waals surface area contributed by atoms with Gasteiger partial charge in [0.2, 0.25) is 0 Å². The average molecular weight is 266 g/mol. The van der Waals surface area contributed by atoms with Crippen molar-refractivity contribution in [3.05, 3.63) is 12.3 Å². The predicted molar refractivity (Wildman–Crippen MR) is 68.4 cm³/mol. The number of phosphoric acid groups is 1. The summed E-state index contributed by atoms with van der Waals surface area (Å²) in [5.74, 6) is 0. The molecular formula is C11H25NO4P+. The van der Waals surface area contributed by atoms with Gasteiger partial charge in [-0.05, 0) is 18.9 Å². The third-order valence-corrected chi connectivity index (χ3v) is 2.93. The zero-order valence-electron chi connectivity index (χ0n) is 11.3. The maximum Gasteiger partial charge on any atom is 0.527 e. The van der Waals surface area contributed by atoms with Gasteiger partial charge in [-0.25, -0.2) is 4.57 Å². The van der Waals surface area contributed by atoms with Crippen molar-refractivity contribution in [3.8, 4) is 0 Å². The molecule has 0 saturated heterocycles. The van der Waals surface area contributed by atoms with Gasteiger partial charge in [-0.15, -0.1) is 0 Å². The van der Waals surface area contributed by atoms with Gasteiger partial charge in [-0.3, -0.25) is 9.42 Å². The summed E-state index contributed by atoms with van der Waals surface area (Å²) in [7, 11) is 2.03. The summed E-state index contributed by atoms with van der Waals surface area (Å²) in [6.07, 6.45) is 5.95. The SMILES string of the molecule is CCCCC=COP(=O)(O)OCC[N+](C)(C)C. The second-order valence-corrected chi connectivity index (χ2v) is 6.34. The Bertz CT molecular complexity index is 273. The van der Waals surface area contributed by atoms with Gasteiger partial charge in [0.05, 0.1) is 27.4 Å². The van der Waals surface area contributed by atoms with Gasteiger partial charge in [0, 0.05) is 0 Å². The molecule has 0 spiro atoms. The largest absolute Gasteiger partial charge is 0.527 e. The van der Waals surface area contributed by atoms with Gasteiger partial charge in [-0.2, -0.15) is 0 Å². The van der Waals surface area contributed by atoms with Gasteiger partial charge in [0.25, 0.3) is 0 Å². The lowest BCUT2D eigenvalue weighted by Crippen LogP contribution is -2.37. The van der Waals surface area contributed by atoms with Crippen molar-refractivity contribution in [1.29, 1.82) is 0 Å². The molecule has 0 amide bonds. The van der Waals surface area contributed by atoms with E-state index in [1.165, 1.54) is 6.26 Å². The zero-order chi connectivity index (χ0) is 13.4. The molecule has 0 aromatic carbocycles. The molecule has 0 bridgehead atoms. The number of hydrogen-bond donors (Lipinski definition) is 1. The topological polar surface area (TPSA) is 55.8 Å². The molecule has 6 heteroatoms. The van der Waals surface area contributed by atoms with Crippen LogP contribution in [0.15, 0.2) is 12.3 Å². The van der Waals surface area contributed by atoms with Crippen molar-refractivity contribution >= 4 is 7.82 Å². The maximum atomic E-state index is 11.4. The van der Waals surface area contributed by atoms with E-state index in [0.29, 0.717) is 11.0 Å². The fraction of sp³-hybridized carbons (Fsp3) is 0.818. The number of allylic oxidation sites excluding steroid dienone is 1. The van der Waals surface area contributed by atoms with Crippen LogP contribution in [0.25, 0.3) is 0 Å². The van der Waals surface area contributed by atoms with Crippen molar-refractivity contribution in [3.63, 3.8) is 0 Å². The molecule has 0 aliphatic carbocycles. The highest BCUT2D eigenvalue weighted by Crippen LogP contribution is 2.43. The lowest BCUT2D eigenvalue weighted by Gasteiger charge is -2.23. The highest BCUT2D eigenvalue weighted by atomic mass is 31.2. The Morgan fingerprint density at radius 2 is 2.00 bits per heavy atom. The van der Waals surface area contributed by atoms with Crippen LogP contribution in [-0.2, 0) is 13.6 Å². The smallest absolute Gasteiger partial charge is 0.412 e. The van der Waals surface area contributed by atoms with Crippen LogP contribution < -0.4 is 0 Å². The Morgan fingerprint density at radius 1 is 1.35 bits per heavy atom. The first kappa shape index (κ1) is 16.6. The molecule has 0 saturated carbocycles. The maximum absolute atomic E-state index is 11.4.